The fourth-order valence-corrected chi connectivity index (χ4v) is 5.87. The topological polar surface area (TPSA) is 83.9 Å². The van der Waals surface area contributed by atoms with E-state index in [9.17, 15) is 8.42 Å². The summed E-state index contributed by atoms with van der Waals surface area (Å²) in [4.78, 5) is 11.7. The minimum atomic E-state index is -3.88. The smallest absolute Gasteiger partial charge is 0.264 e. The molecule has 0 radical (unpaired) electrons. The van der Waals surface area contributed by atoms with Crippen LogP contribution in [0.15, 0.2) is 88.9 Å². The lowest BCUT2D eigenvalue weighted by atomic mass is 10.1. The van der Waals surface area contributed by atoms with Crippen LogP contribution in [0.25, 0.3) is 10.9 Å². The zero-order valence-corrected chi connectivity index (χ0v) is 19.8. The molecule has 1 aromatic heterocycles. The predicted molar refractivity (Wildman–Crippen MR) is 137 cm³/mol. The molecular weight excluding hydrogens is 460 g/mol. The molecule has 8 heteroatoms. The van der Waals surface area contributed by atoms with Gasteiger partial charge in [0.15, 0.2) is 5.75 Å². The van der Waals surface area contributed by atoms with E-state index in [1.165, 1.54) is 6.42 Å². The molecule has 0 unspecified atom stereocenters. The van der Waals surface area contributed by atoms with E-state index in [-0.39, 0.29) is 4.90 Å². The maximum atomic E-state index is 13.4. The van der Waals surface area contributed by atoms with E-state index in [2.05, 4.69) is 14.6 Å². The third-order valence-electron chi connectivity index (χ3n) is 6.33. The summed E-state index contributed by atoms with van der Waals surface area (Å²) in [6, 6.07) is 21.8. The van der Waals surface area contributed by atoms with Gasteiger partial charge in [0.2, 0.25) is 0 Å². The van der Waals surface area contributed by atoms with Gasteiger partial charge in [-0.1, -0.05) is 30.3 Å². The van der Waals surface area contributed by atoms with Gasteiger partial charge in [-0.25, -0.2) is 13.4 Å². The Balaban J connectivity index is 1.42. The van der Waals surface area contributed by atoms with E-state index < -0.39 is 10.0 Å². The largest absolute Gasteiger partial charge is 0.454 e. The molecule has 1 N–H and O–H groups in total. The first-order valence-electron chi connectivity index (χ1n) is 11.7. The van der Waals surface area contributed by atoms with Crippen LogP contribution in [0, 0.1) is 0 Å². The van der Waals surface area contributed by atoms with Crippen LogP contribution < -0.4 is 9.46 Å². The van der Waals surface area contributed by atoms with Gasteiger partial charge in [0, 0.05) is 30.4 Å². The molecule has 3 aromatic carbocycles. The molecule has 1 saturated heterocycles. The number of pyridine rings is 1. The third kappa shape index (κ3) is 4.10. The van der Waals surface area contributed by atoms with Crippen LogP contribution in [0.5, 0.6) is 11.5 Å². The van der Waals surface area contributed by atoms with E-state index >= 15 is 0 Å². The van der Waals surface area contributed by atoms with Crippen molar-refractivity contribution in [2.75, 3.05) is 17.8 Å². The quantitative estimate of drug-likeness (QED) is 0.403. The molecule has 7 nitrogen and oxygen atoms in total. The van der Waals surface area contributed by atoms with Gasteiger partial charge in [0.1, 0.15) is 22.2 Å². The van der Waals surface area contributed by atoms with Crippen LogP contribution in [0.1, 0.15) is 24.8 Å². The minimum absolute atomic E-state index is 0.138. The SMILES string of the molecule is O=S(=O)(Nc1ccc2c(c1)C(N1CCCCC1)=Nc1ccccc1O2)c1cccc2cccnc12. The van der Waals surface area contributed by atoms with Crippen molar-refractivity contribution in [1.29, 1.82) is 0 Å². The normalized spacial score (nSPS) is 15.4. The lowest BCUT2D eigenvalue weighted by Crippen LogP contribution is -2.36. The number of amidine groups is 1. The van der Waals surface area contributed by atoms with Gasteiger partial charge in [0.25, 0.3) is 10.0 Å². The molecule has 3 heterocycles. The van der Waals surface area contributed by atoms with Crippen LogP contribution in [-0.4, -0.2) is 37.2 Å². The van der Waals surface area contributed by atoms with E-state index in [4.69, 9.17) is 9.73 Å². The predicted octanol–water partition coefficient (Wildman–Crippen LogP) is 5.71. The number of likely N-dealkylation sites (tertiary alicyclic amines) is 1. The molecule has 2 aliphatic heterocycles. The van der Waals surface area contributed by atoms with E-state index in [0.717, 1.165) is 48.4 Å². The number of nitrogens with zero attached hydrogens (tertiary/aromatic N) is 3. The number of rotatable bonds is 3. The zero-order valence-electron chi connectivity index (χ0n) is 19.0. The van der Waals surface area contributed by atoms with Crippen molar-refractivity contribution in [1.82, 2.24) is 9.88 Å². The number of anilines is 1. The maximum absolute atomic E-state index is 13.4. The second-order valence-electron chi connectivity index (χ2n) is 8.70. The van der Waals surface area contributed by atoms with Gasteiger partial charge in [0.05, 0.1) is 11.1 Å². The summed E-state index contributed by atoms with van der Waals surface area (Å²) in [5.41, 5.74) is 2.40. The Morgan fingerprint density at radius 3 is 2.57 bits per heavy atom. The Bertz CT molecular complexity index is 1550. The molecule has 1 fully saturated rings. The number of para-hydroxylation sites is 3. The summed E-state index contributed by atoms with van der Waals surface area (Å²) < 4.78 is 35.7. The highest BCUT2D eigenvalue weighted by Crippen LogP contribution is 2.39. The number of hydrogen-bond donors (Lipinski definition) is 1. The number of piperidine rings is 1. The highest BCUT2D eigenvalue weighted by atomic mass is 32.2. The summed E-state index contributed by atoms with van der Waals surface area (Å²) in [5.74, 6) is 2.13. The van der Waals surface area contributed by atoms with Gasteiger partial charge < -0.3 is 9.64 Å². The third-order valence-corrected chi connectivity index (χ3v) is 7.74. The summed E-state index contributed by atoms with van der Waals surface area (Å²) in [6.07, 6.45) is 4.98. The number of aliphatic imine (C=N–C) groups is 1. The second kappa shape index (κ2) is 8.70. The van der Waals surface area contributed by atoms with Crippen molar-refractivity contribution in [3.63, 3.8) is 0 Å². The monoisotopic (exact) mass is 484 g/mol. The van der Waals surface area contributed by atoms with E-state index in [1.807, 2.05) is 42.5 Å². The molecule has 0 saturated carbocycles. The first-order valence-corrected chi connectivity index (χ1v) is 13.2. The van der Waals surface area contributed by atoms with Crippen molar-refractivity contribution in [3.8, 4) is 11.5 Å². The van der Waals surface area contributed by atoms with Crippen molar-refractivity contribution in [2.24, 2.45) is 4.99 Å². The van der Waals surface area contributed by atoms with Crippen LogP contribution in [0.4, 0.5) is 11.4 Å². The van der Waals surface area contributed by atoms with Gasteiger partial charge in [-0.05, 0) is 61.7 Å². The van der Waals surface area contributed by atoms with Crippen LogP contribution >= 0.6 is 0 Å². The van der Waals surface area contributed by atoms with Crippen molar-refractivity contribution in [2.45, 2.75) is 24.2 Å². The lowest BCUT2D eigenvalue weighted by Gasteiger charge is -2.30. The Labute approximate surface area is 204 Å². The lowest BCUT2D eigenvalue weighted by molar-refractivity contribution is 0.342. The molecule has 0 amide bonds. The number of aromatic nitrogens is 1. The van der Waals surface area contributed by atoms with Crippen LogP contribution in [0.2, 0.25) is 0 Å². The zero-order chi connectivity index (χ0) is 23.8. The highest BCUT2D eigenvalue weighted by Gasteiger charge is 2.25. The number of benzene rings is 3. The first-order chi connectivity index (χ1) is 17.1. The summed E-state index contributed by atoms with van der Waals surface area (Å²) in [7, 11) is -3.88. The number of hydrogen-bond acceptors (Lipinski definition) is 6. The summed E-state index contributed by atoms with van der Waals surface area (Å²) >= 11 is 0. The number of ether oxygens (including phenoxy) is 1. The first kappa shape index (κ1) is 21.6. The van der Waals surface area contributed by atoms with Gasteiger partial charge in [-0.3, -0.25) is 9.71 Å². The molecule has 6 rings (SSSR count). The molecule has 0 bridgehead atoms. The molecule has 0 aliphatic carbocycles. The number of fused-ring (bicyclic) bond motifs is 3. The Kier molecular flexibility index (Phi) is 5.37. The highest BCUT2D eigenvalue weighted by molar-refractivity contribution is 7.93. The van der Waals surface area contributed by atoms with Crippen molar-refractivity contribution < 1.29 is 13.2 Å². The maximum Gasteiger partial charge on any atom is 0.264 e. The van der Waals surface area contributed by atoms with Gasteiger partial charge >= 0.3 is 0 Å². The minimum Gasteiger partial charge on any atom is -0.454 e. The standard InChI is InChI=1S/C27H24N4O3S/c32-35(33,25-12-6-8-19-9-7-15-28-26(19)25)30-20-13-14-23-21(18-20)27(31-16-4-1-5-17-31)29-22-10-2-3-11-24(22)34-23/h2-3,6-15,18,30H,1,4-5,16-17H2. The molecule has 2 aliphatic rings. The second-order valence-corrected chi connectivity index (χ2v) is 10.4. The fourth-order valence-electron chi connectivity index (χ4n) is 4.64. The number of nitrogens with one attached hydrogen (secondary N) is 1. The Morgan fingerprint density at radius 2 is 1.69 bits per heavy atom. The van der Waals surface area contributed by atoms with Crippen LogP contribution in [-0.2, 0) is 10.0 Å². The number of sulfonamides is 1. The van der Waals surface area contributed by atoms with E-state index in [0.29, 0.717) is 22.7 Å². The Morgan fingerprint density at radius 1 is 0.857 bits per heavy atom. The molecular formula is C27H24N4O3S. The average molecular weight is 485 g/mol. The molecule has 4 aromatic rings. The van der Waals surface area contributed by atoms with Crippen LogP contribution in [0.3, 0.4) is 0 Å². The van der Waals surface area contributed by atoms with Crippen molar-refractivity contribution in [3.05, 3.63) is 84.6 Å². The Hall–Kier alpha value is -3.91. The molecule has 0 spiro atoms. The van der Waals surface area contributed by atoms with Crippen molar-refractivity contribution >= 4 is 38.1 Å². The summed E-state index contributed by atoms with van der Waals surface area (Å²) in [6.45, 7) is 1.80. The summed E-state index contributed by atoms with van der Waals surface area (Å²) in [5, 5.41) is 0.767. The molecule has 176 valence electrons. The van der Waals surface area contributed by atoms with E-state index in [1.54, 1.807) is 36.5 Å². The van der Waals surface area contributed by atoms with Gasteiger partial charge in [-0.2, -0.15) is 0 Å². The van der Waals surface area contributed by atoms with Gasteiger partial charge in [-0.15, -0.1) is 0 Å². The molecule has 0 atom stereocenters. The molecule has 35 heavy (non-hydrogen) atoms. The fraction of sp³-hybridized carbons (Fsp3) is 0.185. The average Bonchev–Trinajstić information content (AvgIpc) is 3.05.